The van der Waals surface area contributed by atoms with Crippen molar-refractivity contribution < 1.29 is 14.3 Å². The van der Waals surface area contributed by atoms with Gasteiger partial charge in [0.15, 0.2) is 0 Å². The van der Waals surface area contributed by atoms with Crippen LogP contribution in [0.5, 0.6) is 0 Å². The molecular weight excluding hydrogens is 316 g/mol. The van der Waals surface area contributed by atoms with Crippen LogP contribution in [0.2, 0.25) is 0 Å². The van der Waals surface area contributed by atoms with Gasteiger partial charge in [0.1, 0.15) is 0 Å². The Morgan fingerprint density at radius 1 is 1.04 bits per heavy atom. The molecule has 1 atom stereocenters. The summed E-state index contributed by atoms with van der Waals surface area (Å²) in [6, 6.07) is 0. The van der Waals surface area contributed by atoms with Crippen molar-refractivity contribution in [3.8, 4) is 0 Å². The van der Waals surface area contributed by atoms with E-state index in [4.69, 9.17) is 4.74 Å². The number of nitrogens with zero attached hydrogens (tertiary/aromatic N) is 2. The molecule has 25 heavy (non-hydrogen) atoms. The molecule has 1 amide bonds. The van der Waals surface area contributed by atoms with E-state index in [-0.39, 0.29) is 23.7 Å². The van der Waals surface area contributed by atoms with E-state index in [1.165, 1.54) is 13.5 Å². The van der Waals surface area contributed by atoms with Crippen LogP contribution in [0, 0.1) is 11.8 Å². The fraction of sp³-hybridized carbons (Fsp3) is 0.900. The van der Waals surface area contributed by atoms with E-state index in [1.54, 1.807) is 0 Å². The maximum Gasteiger partial charge on any atom is 0.310 e. The molecule has 0 aliphatic heterocycles. The van der Waals surface area contributed by atoms with Gasteiger partial charge in [0.2, 0.25) is 5.91 Å². The average Bonchev–Trinajstić information content (AvgIpc) is 2.66. The molecule has 1 fully saturated rings. The van der Waals surface area contributed by atoms with Gasteiger partial charge in [0.25, 0.3) is 0 Å². The Morgan fingerprint density at radius 2 is 1.64 bits per heavy atom. The minimum atomic E-state index is -0.264. The fourth-order valence-electron chi connectivity index (χ4n) is 3.68. The minimum Gasteiger partial charge on any atom is -0.469 e. The predicted molar refractivity (Wildman–Crippen MR) is 101 cm³/mol. The Labute approximate surface area is 154 Å². The molecular formula is C20H38N2O3. The minimum absolute atomic E-state index is 0.154. The van der Waals surface area contributed by atoms with E-state index in [9.17, 15) is 9.59 Å². The highest BCUT2D eigenvalue weighted by atomic mass is 16.5. The van der Waals surface area contributed by atoms with Gasteiger partial charge >= 0.3 is 5.97 Å². The number of carbonyl (C=O) groups is 2. The molecule has 0 heterocycles. The van der Waals surface area contributed by atoms with Crippen LogP contribution in [0.25, 0.3) is 0 Å². The monoisotopic (exact) mass is 354 g/mol. The Morgan fingerprint density at radius 3 is 2.20 bits per heavy atom. The summed E-state index contributed by atoms with van der Waals surface area (Å²) < 4.78 is 4.84. The van der Waals surface area contributed by atoms with Crippen molar-refractivity contribution in [1.29, 1.82) is 0 Å². The molecule has 0 aromatic heterocycles. The molecule has 1 unspecified atom stereocenters. The van der Waals surface area contributed by atoms with Gasteiger partial charge in [-0.05, 0) is 45.3 Å². The SMILES string of the molecule is CCN(CC)CCCCN(CC(C)C(=O)OC)C(=O)C1CCCCC1. The summed E-state index contributed by atoms with van der Waals surface area (Å²) in [4.78, 5) is 29.1. The fourth-order valence-corrected chi connectivity index (χ4v) is 3.68. The summed E-state index contributed by atoms with van der Waals surface area (Å²) in [7, 11) is 1.41. The zero-order valence-corrected chi connectivity index (χ0v) is 16.8. The quantitative estimate of drug-likeness (QED) is 0.422. The lowest BCUT2D eigenvalue weighted by Crippen LogP contribution is -2.42. The molecule has 146 valence electrons. The van der Waals surface area contributed by atoms with E-state index in [2.05, 4.69) is 18.7 Å². The van der Waals surface area contributed by atoms with E-state index in [1.807, 2.05) is 11.8 Å². The normalized spacial score (nSPS) is 16.7. The molecule has 1 aliphatic rings. The number of hydrogen-bond donors (Lipinski definition) is 0. The molecule has 0 spiro atoms. The Kier molecular flexibility index (Phi) is 10.8. The van der Waals surface area contributed by atoms with E-state index in [0.29, 0.717) is 6.54 Å². The van der Waals surface area contributed by atoms with Gasteiger partial charge in [-0.1, -0.05) is 40.0 Å². The van der Waals surface area contributed by atoms with Crippen LogP contribution in [-0.2, 0) is 14.3 Å². The van der Waals surface area contributed by atoms with Crippen molar-refractivity contribution in [3.05, 3.63) is 0 Å². The second kappa shape index (κ2) is 12.3. The van der Waals surface area contributed by atoms with Crippen molar-refractivity contribution in [1.82, 2.24) is 9.80 Å². The zero-order chi connectivity index (χ0) is 18.7. The zero-order valence-electron chi connectivity index (χ0n) is 16.8. The number of esters is 1. The summed E-state index contributed by atoms with van der Waals surface area (Å²) in [5, 5.41) is 0. The van der Waals surface area contributed by atoms with Crippen LogP contribution < -0.4 is 0 Å². The number of ether oxygens (including phenoxy) is 1. The van der Waals surface area contributed by atoms with E-state index < -0.39 is 0 Å². The van der Waals surface area contributed by atoms with Crippen LogP contribution in [-0.4, -0.2) is 61.5 Å². The summed E-state index contributed by atoms with van der Waals surface area (Å²) >= 11 is 0. The Hall–Kier alpha value is -1.10. The van der Waals surface area contributed by atoms with Gasteiger partial charge in [-0.2, -0.15) is 0 Å². The van der Waals surface area contributed by atoms with Gasteiger partial charge in [0, 0.05) is 19.0 Å². The highest BCUT2D eigenvalue weighted by Crippen LogP contribution is 2.26. The second-order valence-electron chi connectivity index (χ2n) is 7.28. The third-order valence-electron chi connectivity index (χ3n) is 5.41. The first kappa shape index (κ1) is 21.9. The molecule has 0 saturated heterocycles. The third-order valence-corrected chi connectivity index (χ3v) is 5.41. The number of unbranched alkanes of at least 4 members (excludes halogenated alkanes) is 1. The van der Waals surface area contributed by atoms with E-state index in [0.717, 1.165) is 64.7 Å². The summed E-state index contributed by atoms with van der Waals surface area (Å²) in [5.74, 6) is -0.0930. The second-order valence-corrected chi connectivity index (χ2v) is 7.28. The molecule has 5 heteroatoms. The first-order chi connectivity index (χ1) is 12.0. The lowest BCUT2D eigenvalue weighted by Gasteiger charge is -2.31. The van der Waals surface area contributed by atoms with Crippen molar-refractivity contribution in [2.24, 2.45) is 11.8 Å². The molecule has 5 nitrogen and oxygen atoms in total. The highest BCUT2D eigenvalue weighted by molar-refractivity contribution is 5.80. The number of carbonyl (C=O) groups excluding carboxylic acids is 2. The lowest BCUT2D eigenvalue weighted by atomic mass is 9.88. The predicted octanol–water partition coefficient (Wildman–Crippen LogP) is 3.33. The van der Waals surface area contributed by atoms with Crippen LogP contribution in [0.3, 0.4) is 0 Å². The average molecular weight is 355 g/mol. The lowest BCUT2D eigenvalue weighted by molar-refractivity contribution is -0.147. The van der Waals surface area contributed by atoms with Crippen molar-refractivity contribution >= 4 is 11.9 Å². The smallest absolute Gasteiger partial charge is 0.310 e. The third kappa shape index (κ3) is 7.76. The molecule has 0 radical (unpaired) electrons. The first-order valence-electron chi connectivity index (χ1n) is 10.1. The molecule has 0 bridgehead atoms. The Bertz CT molecular complexity index is 390. The van der Waals surface area contributed by atoms with Gasteiger partial charge in [0.05, 0.1) is 13.0 Å². The topological polar surface area (TPSA) is 49.9 Å². The van der Waals surface area contributed by atoms with Gasteiger partial charge in [-0.3, -0.25) is 9.59 Å². The summed E-state index contributed by atoms with van der Waals surface area (Å²) in [6.07, 6.45) is 7.62. The molecule has 1 aliphatic carbocycles. The number of methoxy groups -OCH3 is 1. The molecule has 0 N–H and O–H groups in total. The molecule has 1 rings (SSSR count). The number of hydrogen-bond acceptors (Lipinski definition) is 4. The molecule has 1 saturated carbocycles. The Balaban J connectivity index is 2.57. The van der Waals surface area contributed by atoms with Gasteiger partial charge in [-0.25, -0.2) is 0 Å². The number of amides is 1. The van der Waals surface area contributed by atoms with Crippen molar-refractivity contribution in [2.45, 2.75) is 65.7 Å². The maximum atomic E-state index is 12.9. The van der Waals surface area contributed by atoms with Crippen LogP contribution >= 0.6 is 0 Å². The van der Waals surface area contributed by atoms with Crippen LogP contribution in [0.1, 0.15) is 65.7 Å². The van der Waals surface area contributed by atoms with Crippen molar-refractivity contribution in [2.75, 3.05) is 39.8 Å². The first-order valence-corrected chi connectivity index (χ1v) is 10.1. The van der Waals surface area contributed by atoms with Crippen molar-refractivity contribution in [3.63, 3.8) is 0 Å². The van der Waals surface area contributed by atoms with Gasteiger partial charge < -0.3 is 14.5 Å². The largest absolute Gasteiger partial charge is 0.469 e. The van der Waals surface area contributed by atoms with Crippen LogP contribution in [0.15, 0.2) is 0 Å². The maximum absolute atomic E-state index is 12.9. The standard InChI is InChI=1S/C20H38N2O3/c1-5-21(6-2)14-10-11-15-22(16-17(3)20(24)25-4)19(23)18-12-8-7-9-13-18/h17-18H,5-16H2,1-4H3. The number of rotatable bonds is 11. The summed E-state index contributed by atoms with van der Waals surface area (Å²) in [6.45, 7) is 10.7. The highest BCUT2D eigenvalue weighted by Gasteiger charge is 2.28. The molecule has 0 aromatic carbocycles. The molecule has 0 aromatic rings. The van der Waals surface area contributed by atoms with Crippen LogP contribution in [0.4, 0.5) is 0 Å². The van der Waals surface area contributed by atoms with E-state index >= 15 is 0 Å². The summed E-state index contributed by atoms with van der Waals surface area (Å²) in [5.41, 5.74) is 0. The van der Waals surface area contributed by atoms with Gasteiger partial charge in [-0.15, -0.1) is 0 Å².